The van der Waals surface area contributed by atoms with Gasteiger partial charge in [0.25, 0.3) is 0 Å². The molecular weight excluding hydrogens is 250 g/mol. The zero-order chi connectivity index (χ0) is 12.8. The number of hydrogen-bond acceptors (Lipinski definition) is 3. The first kappa shape index (κ1) is 13.8. The van der Waals surface area contributed by atoms with Crippen LogP contribution in [0.2, 0.25) is 5.02 Å². The van der Waals surface area contributed by atoms with Gasteiger partial charge >= 0.3 is 0 Å². The molecule has 0 saturated heterocycles. The van der Waals surface area contributed by atoms with Gasteiger partial charge in [-0.15, -0.1) is 0 Å². The molecule has 0 spiro atoms. The molecule has 1 aliphatic rings. The molecule has 3 nitrogen and oxygen atoms in total. The third-order valence-electron chi connectivity index (χ3n) is 3.00. The van der Waals surface area contributed by atoms with Crippen LogP contribution in [-0.4, -0.2) is 32.9 Å². The number of methoxy groups -OCH3 is 1. The number of rotatable bonds is 8. The Bertz CT molecular complexity index is 369. The molecule has 1 atom stereocenters. The lowest BCUT2D eigenvalue weighted by atomic mass is 10.1. The fourth-order valence-corrected chi connectivity index (χ4v) is 2.01. The van der Waals surface area contributed by atoms with Crippen molar-refractivity contribution in [3.05, 3.63) is 34.9 Å². The Morgan fingerprint density at radius 3 is 2.89 bits per heavy atom. The summed E-state index contributed by atoms with van der Waals surface area (Å²) < 4.78 is 10.9. The van der Waals surface area contributed by atoms with Gasteiger partial charge in [0.05, 0.1) is 19.3 Å². The van der Waals surface area contributed by atoms with Crippen molar-refractivity contribution < 1.29 is 9.47 Å². The van der Waals surface area contributed by atoms with Crippen LogP contribution in [0.4, 0.5) is 0 Å². The second kappa shape index (κ2) is 7.10. The zero-order valence-corrected chi connectivity index (χ0v) is 11.5. The van der Waals surface area contributed by atoms with E-state index in [0.717, 1.165) is 17.1 Å². The van der Waals surface area contributed by atoms with Gasteiger partial charge in [0.1, 0.15) is 0 Å². The molecule has 4 heteroatoms. The maximum atomic E-state index is 6.02. The monoisotopic (exact) mass is 269 g/mol. The van der Waals surface area contributed by atoms with E-state index in [1.807, 2.05) is 18.2 Å². The van der Waals surface area contributed by atoms with Crippen LogP contribution in [0.3, 0.4) is 0 Å². The number of benzene rings is 1. The highest BCUT2D eigenvalue weighted by molar-refractivity contribution is 6.30. The Morgan fingerprint density at radius 2 is 2.22 bits per heavy atom. The molecule has 0 aromatic heterocycles. The minimum absolute atomic E-state index is 0.0412. The van der Waals surface area contributed by atoms with E-state index in [4.69, 9.17) is 21.1 Å². The Kier molecular flexibility index (Phi) is 5.45. The molecule has 1 aromatic carbocycles. The van der Waals surface area contributed by atoms with E-state index in [9.17, 15) is 0 Å². The van der Waals surface area contributed by atoms with E-state index in [0.29, 0.717) is 19.3 Å². The van der Waals surface area contributed by atoms with Crippen LogP contribution in [0.25, 0.3) is 0 Å². The van der Waals surface area contributed by atoms with E-state index in [-0.39, 0.29) is 6.10 Å². The highest BCUT2D eigenvalue weighted by atomic mass is 35.5. The predicted octanol–water partition coefficient (Wildman–Crippen LogP) is 2.80. The van der Waals surface area contributed by atoms with Crippen molar-refractivity contribution in [3.63, 3.8) is 0 Å². The summed E-state index contributed by atoms with van der Waals surface area (Å²) in [6, 6.07) is 8.54. The molecule has 0 aliphatic heterocycles. The molecule has 1 aromatic rings. The van der Waals surface area contributed by atoms with E-state index in [1.165, 1.54) is 12.8 Å². The van der Waals surface area contributed by atoms with Crippen molar-refractivity contribution in [1.29, 1.82) is 0 Å². The van der Waals surface area contributed by atoms with Gasteiger partial charge in [-0.05, 0) is 30.5 Å². The van der Waals surface area contributed by atoms with Crippen LogP contribution in [0.5, 0.6) is 0 Å². The smallest absolute Gasteiger partial charge is 0.0950 e. The average Bonchev–Trinajstić information content (AvgIpc) is 3.17. The number of hydrogen-bond donors (Lipinski definition) is 1. The van der Waals surface area contributed by atoms with E-state index < -0.39 is 0 Å². The molecular formula is C14H20ClNO2. The van der Waals surface area contributed by atoms with Gasteiger partial charge in [0.15, 0.2) is 0 Å². The summed E-state index contributed by atoms with van der Waals surface area (Å²) in [6.07, 6.45) is 2.60. The van der Waals surface area contributed by atoms with Gasteiger partial charge in [-0.2, -0.15) is 0 Å². The summed E-state index contributed by atoms with van der Waals surface area (Å²) in [5.74, 6) is 0. The quantitative estimate of drug-likeness (QED) is 0.736. The van der Waals surface area contributed by atoms with E-state index in [1.54, 1.807) is 7.11 Å². The molecule has 0 amide bonds. The van der Waals surface area contributed by atoms with Gasteiger partial charge in [-0.1, -0.05) is 23.7 Å². The summed E-state index contributed by atoms with van der Waals surface area (Å²) >= 11 is 6.02. The lowest BCUT2D eigenvalue weighted by Crippen LogP contribution is -2.26. The Hall–Kier alpha value is -0.610. The molecule has 1 fully saturated rings. The first-order chi connectivity index (χ1) is 8.79. The molecule has 1 unspecified atom stereocenters. The molecule has 18 heavy (non-hydrogen) atoms. The van der Waals surface area contributed by atoms with Crippen LogP contribution in [0, 0.1) is 0 Å². The maximum absolute atomic E-state index is 6.02. The fourth-order valence-electron chi connectivity index (χ4n) is 1.81. The Labute approximate surface area is 113 Å². The minimum Gasteiger partial charge on any atom is -0.382 e. The minimum atomic E-state index is 0.0412. The number of nitrogens with one attached hydrogen (secondary N) is 1. The average molecular weight is 270 g/mol. The van der Waals surface area contributed by atoms with Crippen molar-refractivity contribution >= 4 is 11.6 Å². The van der Waals surface area contributed by atoms with Crippen molar-refractivity contribution in [1.82, 2.24) is 5.32 Å². The summed E-state index contributed by atoms with van der Waals surface area (Å²) in [6.45, 7) is 2.04. The molecule has 2 rings (SSSR count). The van der Waals surface area contributed by atoms with Crippen molar-refractivity contribution in [3.8, 4) is 0 Å². The van der Waals surface area contributed by atoms with Crippen molar-refractivity contribution in [2.24, 2.45) is 0 Å². The van der Waals surface area contributed by atoms with Gasteiger partial charge in [-0.25, -0.2) is 0 Å². The van der Waals surface area contributed by atoms with Crippen molar-refractivity contribution in [2.75, 3.05) is 26.9 Å². The molecule has 0 radical (unpaired) electrons. The van der Waals surface area contributed by atoms with Crippen LogP contribution in [0.15, 0.2) is 24.3 Å². The summed E-state index contributed by atoms with van der Waals surface area (Å²) in [7, 11) is 1.68. The second-order valence-corrected chi connectivity index (χ2v) is 5.03. The molecule has 1 N–H and O–H groups in total. The Morgan fingerprint density at radius 1 is 1.39 bits per heavy atom. The third-order valence-corrected chi connectivity index (χ3v) is 3.23. The topological polar surface area (TPSA) is 30.5 Å². The second-order valence-electron chi connectivity index (χ2n) is 4.59. The number of ether oxygens (including phenoxy) is 2. The standard InChI is InChI=1S/C14H20ClNO2/c1-17-7-8-18-14(10-16-13-5-6-13)11-3-2-4-12(15)9-11/h2-4,9,13-14,16H,5-8,10H2,1H3. The maximum Gasteiger partial charge on any atom is 0.0950 e. The van der Waals surface area contributed by atoms with Crippen LogP contribution in [-0.2, 0) is 9.47 Å². The van der Waals surface area contributed by atoms with Crippen molar-refractivity contribution in [2.45, 2.75) is 25.0 Å². The molecule has 1 aliphatic carbocycles. The highest BCUT2D eigenvalue weighted by Crippen LogP contribution is 2.23. The summed E-state index contributed by atoms with van der Waals surface area (Å²) in [4.78, 5) is 0. The van der Waals surface area contributed by atoms with Crippen LogP contribution >= 0.6 is 11.6 Å². The van der Waals surface area contributed by atoms with Gasteiger partial charge in [0, 0.05) is 24.7 Å². The molecule has 1 saturated carbocycles. The zero-order valence-electron chi connectivity index (χ0n) is 10.7. The molecule has 100 valence electrons. The lowest BCUT2D eigenvalue weighted by molar-refractivity contribution is 0.0165. The first-order valence-electron chi connectivity index (χ1n) is 6.39. The van der Waals surface area contributed by atoms with Crippen LogP contribution in [0.1, 0.15) is 24.5 Å². The Balaban J connectivity index is 1.92. The molecule has 0 heterocycles. The first-order valence-corrected chi connectivity index (χ1v) is 6.77. The fraction of sp³-hybridized carbons (Fsp3) is 0.571. The normalized spacial score (nSPS) is 16.8. The summed E-state index contributed by atoms with van der Waals surface area (Å²) in [5, 5.41) is 4.24. The van der Waals surface area contributed by atoms with Gasteiger partial charge in [0.2, 0.25) is 0 Å². The number of halogens is 1. The van der Waals surface area contributed by atoms with E-state index in [2.05, 4.69) is 11.4 Å². The molecule has 0 bridgehead atoms. The summed E-state index contributed by atoms with van der Waals surface area (Å²) in [5.41, 5.74) is 1.12. The highest BCUT2D eigenvalue weighted by Gasteiger charge is 2.22. The predicted molar refractivity (Wildman–Crippen MR) is 73.0 cm³/mol. The van der Waals surface area contributed by atoms with Gasteiger partial charge < -0.3 is 14.8 Å². The third kappa shape index (κ3) is 4.58. The SMILES string of the molecule is COCCOC(CNC1CC1)c1cccc(Cl)c1. The van der Waals surface area contributed by atoms with Crippen LogP contribution < -0.4 is 5.32 Å². The largest absolute Gasteiger partial charge is 0.382 e. The lowest BCUT2D eigenvalue weighted by Gasteiger charge is -2.19. The van der Waals surface area contributed by atoms with E-state index >= 15 is 0 Å². The van der Waals surface area contributed by atoms with Gasteiger partial charge in [-0.3, -0.25) is 0 Å².